The second kappa shape index (κ2) is 7.57. The van der Waals surface area contributed by atoms with Gasteiger partial charge in [0.25, 0.3) is 5.91 Å². The van der Waals surface area contributed by atoms with Crippen LogP contribution in [0.4, 0.5) is 5.69 Å². The van der Waals surface area contributed by atoms with Gasteiger partial charge >= 0.3 is 0 Å². The van der Waals surface area contributed by atoms with Gasteiger partial charge < -0.3 is 9.64 Å². The fourth-order valence-corrected chi connectivity index (χ4v) is 3.05. The minimum absolute atomic E-state index is 0.0606. The highest BCUT2D eigenvalue weighted by molar-refractivity contribution is 6.34. The largest absolute Gasteiger partial charge is 0.497 e. The molecule has 0 aromatic heterocycles. The minimum Gasteiger partial charge on any atom is -0.497 e. The number of benzene rings is 2. The molecule has 0 atom stereocenters. The molecule has 2 aromatic rings. The SMILES string of the molecule is COc1ccc(N(CN2CCCC2=O)C(=O)c2ccccc2Cl)cc1. The molecule has 1 fully saturated rings. The first-order valence-corrected chi connectivity index (χ1v) is 8.46. The molecule has 1 heterocycles. The summed E-state index contributed by atoms with van der Waals surface area (Å²) in [7, 11) is 1.59. The summed E-state index contributed by atoms with van der Waals surface area (Å²) >= 11 is 6.20. The fraction of sp³-hybridized carbons (Fsp3) is 0.263. The molecule has 0 bridgehead atoms. The molecule has 0 aliphatic carbocycles. The number of ether oxygens (including phenoxy) is 1. The number of hydrogen-bond donors (Lipinski definition) is 0. The normalized spacial score (nSPS) is 13.8. The van der Waals surface area contributed by atoms with Crippen molar-refractivity contribution in [3.05, 3.63) is 59.1 Å². The topological polar surface area (TPSA) is 49.9 Å². The Bertz CT molecular complexity index is 776. The van der Waals surface area contributed by atoms with Gasteiger partial charge in [-0.05, 0) is 42.8 Å². The van der Waals surface area contributed by atoms with Crippen molar-refractivity contribution in [2.75, 3.05) is 25.2 Å². The molecule has 1 aliphatic heterocycles. The van der Waals surface area contributed by atoms with E-state index in [2.05, 4.69) is 0 Å². The molecular formula is C19H19ClN2O3. The molecule has 0 saturated carbocycles. The molecule has 2 aromatic carbocycles. The molecule has 1 aliphatic rings. The van der Waals surface area contributed by atoms with Gasteiger partial charge in [-0.3, -0.25) is 14.5 Å². The smallest absolute Gasteiger partial charge is 0.261 e. The van der Waals surface area contributed by atoms with E-state index in [1.165, 1.54) is 0 Å². The van der Waals surface area contributed by atoms with Crippen LogP contribution in [0.1, 0.15) is 23.2 Å². The van der Waals surface area contributed by atoms with Crippen LogP contribution in [0.25, 0.3) is 0 Å². The van der Waals surface area contributed by atoms with E-state index >= 15 is 0 Å². The number of nitrogens with zero attached hydrogens (tertiary/aromatic N) is 2. The van der Waals surface area contributed by atoms with E-state index in [-0.39, 0.29) is 18.5 Å². The van der Waals surface area contributed by atoms with Gasteiger partial charge in [-0.2, -0.15) is 0 Å². The van der Waals surface area contributed by atoms with Gasteiger partial charge in [-0.15, -0.1) is 0 Å². The summed E-state index contributed by atoms with van der Waals surface area (Å²) in [5.74, 6) is 0.520. The van der Waals surface area contributed by atoms with Crippen molar-refractivity contribution in [1.29, 1.82) is 0 Å². The number of methoxy groups -OCH3 is 1. The van der Waals surface area contributed by atoms with E-state index in [4.69, 9.17) is 16.3 Å². The van der Waals surface area contributed by atoms with Crippen LogP contribution < -0.4 is 9.64 Å². The molecule has 6 heteroatoms. The van der Waals surface area contributed by atoms with Crippen molar-refractivity contribution in [3.8, 4) is 5.75 Å². The molecule has 25 heavy (non-hydrogen) atoms. The Labute approximate surface area is 151 Å². The van der Waals surface area contributed by atoms with Crippen LogP contribution in [0.3, 0.4) is 0 Å². The van der Waals surface area contributed by atoms with E-state index in [1.807, 2.05) is 0 Å². The molecule has 1 saturated heterocycles. The van der Waals surface area contributed by atoms with E-state index < -0.39 is 0 Å². The van der Waals surface area contributed by atoms with Crippen molar-refractivity contribution >= 4 is 29.1 Å². The Hall–Kier alpha value is -2.53. The molecule has 3 rings (SSSR count). The third-order valence-corrected chi connectivity index (χ3v) is 4.55. The summed E-state index contributed by atoms with van der Waals surface area (Å²) in [5.41, 5.74) is 1.09. The van der Waals surface area contributed by atoms with E-state index in [9.17, 15) is 9.59 Å². The molecule has 0 unspecified atom stereocenters. The first-order valence-electron chi connectivity index (χ1n) is 8.08. The standard InChI is InChI=1S/C19H19ClN2O3/c1-25-15-10-8-14(9-11-15)22(13-21-12-4-7-18(21)23)19(24)16-5-2-3-6-17(16)20/h2-3,5-6,8-11H,4,7,12-13H2,1H3. The first-order chi connectivity index (χ1) is 12.1. The van der Waals surface area contributed by atoms with Crippen LogP contribution >= 0.6 is 11.6 Å². The predicted molar refractivity (Wildman–Crippen MR) is 97.1 cm³/mol. The molecule has 130 valence electrons. The number of carbonyl (C=O) groups excluding carboxylic acids is 2. The first kappa shape index (κ1) is 17.3. The lowest BCUT2D eigenvalue weighted by Gasteiger charge is -2.28. The Morgan fingerprint density at radius 1 is 1.20 bits per heavy atom. The molecule has 5 nitrogen and oxygen atoms in total. The summed E-state index contributed by atoms with van der Waals surface area (Å²) in [5, 5.41) is 0.388. The van der Waals surface area contributed by atoms with E-state index in [0.717, 1.165) is 6.42 Å². The van der Waals surface area contributed by atoms with Gasteiger partial charge in [0.15, 0.2) is 0 Å². The highest BCUT2D eigenvalue weighted by atomic mass is 35.5. The number of amides is 2. The Kier molecular flexibility index (Phi) is 5.24. The fourth-order valence-electron chi connectivity index (χ4n) is 2.83. The maximum Gasteiger partial charge on any atom is 0.261 e. The summed E-state index contributed by atoms with van der Waals surface area (Å²) in [6, 6.07) is 14.1. The van der Waals surface area contributed by atoms with Crippen LogP contribution in [-0.4, -0.2) is 37.0 Å². The maximum absolute atomic E-state index is 13.1. The summed E-state index contributed by atoms with van der Waals surface area (Å²) < 4.78 is 5.17. The minimum atomic E-state index is -0.240. The third-order valence-electron chi connectivity index (χ3n) is 4.22. The van der Waals surface area contributed by atoms with Crippen molar-refractivity contribution in [2.45, 2.75) is 12.8 Å². The van der Waals surface area contributed by atoms with Gasteiger partial charge in [-0.1, -0.05) is 23.7 Å². The number of carbonyl (C=O) groups is 2. The molecule has 0 spiro atoms. The second-order valence-corrected chi connectivity index (χ2v) is 6.22. The molecule has 0 radical (unpaired) electrons. The predicted octanol–water partition coefficient (Wildman–Crippen LogP) is 3.58. The third kappa shape index (κ3) is 3.77. The van der Waals surface area contributed by atoms with Crippen LogP contribution in [0.15, 0.2) is 48.5 Å². The zero-order chi connectivity index (χ0) is 17.8. The quantitative estimate of drug-likeness (QED) is 0.821. The van der Waals surface area contributed by atoms with Crippen molar-refractivity contribution in [3.63, 3.8) is 0 Å². The van der Waals surface area contributed by atoms with E-state index in [1.54, 1.807) is 65.4 Å². The van der Waals surface area contributed by atoms with Crippen LogP contribution in [0.2, 0.25) is 5.02 Å². The zero-order valence-electron chi connectivity index (χ0n) is 13.9. The van der Waals surface area contributed by atoms with Crippen LogP contribution in [0.5, 0.6) is 5.75 Å². The number of halogens is 1. The van der Waals surface area contributed by atoms with Crippen molar-refractivity contribution in [1.82, 2.24) is 4.90 Å². The monoisotopic (exact) mass is 358 g/mol. The van der Waals surface area contributed by atoms with E-state index in [0.29, 0.717) is 35.0 Å². The Morgan fingerprint density at radius 3 is 2.52 bits per heavy atom. The average molecular weight is 359 g/mol. The molecule has 0 N–H and O–H groups in total. The number of anilines is 1. The van der Waals surface area contributed by atoms with Crippen LogP contribution in [-0.2, 0) is 4.79 Å². The maximum atomic E-state index is 13.1. The van der Waals surface area contributed by atoms with Gasteiger partial charge in [0.2, 0.25) is 5.91 Å². The molecule has 2 amide bonds. The highest BCUT2D eigenvalue weighted by Crippen LogP contribution is 2.25. The van der Waals surface area contributed by atoms with Gasteiger partial charge in [0, 0.05) is 18.7 Å². The Balaban J connectivity index is 1.94. The lowest BCUT2D eigenvalue weighted by atomic mass is 10.2. The number of hydrogen-bond acceptors (Lipinski definition) is 3. The van der Waals surface area contributed by atoms with Crippen molar-refractivity contribution < 1.29 is 14.3 Å². The van der Waals surface area contributed by atoms with Gasteiger partial charge in [0.05, 0.1) is 17.7 Å². The van der Waals surface area contributed by atoms with Crippen molar-refractivity contribution in [2.24, 2.45) is 0 Å². The average Bonchev–Trinajstić information content (AvgIpc) is 3.04. The lowest BCUT2D eigenvalue weighted by Crippen LogP contribution is -2.42. The lowest BCUT2D eigenvalue weighted by molar-refractivity contribution is -0.127. The molecular weight excluding hydrogens is 340 g/mol. The summed E-state index contributed by atoms with van der Waals surface area (Å²) in [6.45, 7) is 0.858. The van der Waals surface area contributed by atoms with Gasteiger partial charge in [0.1, 0.15) is 12.4 Å². The van der Waals surface area contributed by atoms with Gasteiger partial charge in [-0.25, -0.2) is 0 Å². The second-order valence-electron chi connectivity index (χ2n) is 5.81. The highest BCUT2D eigenvalue weighted by Gasteiger charge is 2.27. The van der Waals surface area contributed by atoms with Crippen LogP contribution in [0, 0.1) is 0 Å². The number of rotatable bonds is 5. The number of likely N-dealkylation sites (tertiary alicyclic amines) is 1. The summed E-state index contributed by atoms with van der Waals surface area (Å²) in [6.07, 6.45) is 1.34. The zero-order valence-corrected chi connectivity index (χ0v) is 14.7. The Morgan fingerprint density at radius 2 is 1.92 bits per heavy atom. The summed E-state index contributed by atoms with van der Waals surface area (Å²) in [4.78, 5) is 28.4.